The Bertz CT molecular complexity index is 383. The fraction of sp³-hybridized carbons (Fsp3) is 0.545. The van der Waals surface area contributed by atoms with Crippen molar-refractivity contribution in [1.29, 1.82) is 0 Å². The molecule has 90 valence electrons. The molecule has 1 aromatic rings. The van der Waals surface area contributed by atoms with Gasteiger partial charge in [-0.1, -0.05) is 26.7 Å². The number of aromatic carboxylic acids is 1. The highest BCUT2D eigenvalue weighted by atomic mass is 32.2. The highest BCUT2D eigenvalue weighted by Crippen LogP contribution is 2.16. The molecule has 0 spiro atoms. The van der Waals surface area contributed by atoms with Crippen molar-refractivity contribution >= 4 is 16.8 Å². The van der Waals surface area contributed by atoms with Crippen LogP contribution < -0.4 is 0 Å². The van der Waals surface area contributed by atoms with E-state index in [9.17, 15) is 9.00 Å². The van der Waals surface area contributed by atoms with Gasteiger partial charge in [0, 0.05) is 5.75 Å². The lowest BCUT2D eigenvalue weighted by Crippen LogP contribution is -2.07. The van der Waals surface area contributed by atoms with Crippen LogP contribution in [-0.2, 0) is 10.8 Å². The first-order chi connectivity index (χ1) is 7.54. The van der Waals surface area contributed by atoms with Crippen molar-refractivity contribution in [2.45, 2.75) is 31.8 Å². The van der Waals surface area contributed by atoms with Crippen molar-refractivity contribution in [3.63, 3.8) is 0 Å². The first kappa shape index (κ1) is 13.0. The van der Waals surface area contributed by atoms with E-state index in [0.717, 1.165) is 12.8 Å². The zero-order valence-electron chi connectivity index (χ0n) is 9.43. The number of carboxylic acids is 1. The summed E-state index contributed by atoms with van der Waals surface area (Å²) in [5, 5.41) is 8.90. The lowest BCUT2D eigenvalue weighted by Gasteiger charge is -2.07. The topological polar surface area (TPSA) is 67.5 Å². The van der Waals surface area contributed by atoms with Crippen LogP contribution in [0, 0.1) is 5.92 Å². The van der Waals surface area contributed by atoms with Crippen molar-refractivity contribution in [2.24, 2.45) is 5.92 Å². The number of rotatable bonds is 6. The first-order valence-corrected chi connectivity index (χ1v) is 6.58. The van der Waals surface area contributed by atoms with E-state index < -0.39 is 16.8 Å². The minimum Gasteiger partial charge on any atom is -0.475 e. The smallest absolute Gasteiger partial charge is 0.371 e. The Morgan fingerprint density at radius 1 is 1.56 bits per heavy atom. The van der Waals surface area contributed by atoms with Gasteiger partial charge in [0.25, 0.3) is 0 Å². The molecular formula is C11H16O4S. The fourth-order valence-electron chi connectivity index (χ4n) is 1.47. The third-order valence-electron chi connectivity index (χ3n) is 2.23. The van der Waals surface area contributed by atoms with E-state index in [0.29, 0.717) is 11.7 Å². The first-order valence-electron chi connectivity index (χ1n) is 5.26. The lowest BCUT2D eigenvalue weighted by molar-refractivity contribution is 0.0656. The van der Waals surface area contributed by atoms with E-state index in [1.165, 1.54) is 12.1 Å². The summed E-state index contributed by atoms with van der Waals surface area (Å²) >= 11 is 0. The summed E-state index contributed by atoms with van der Waals surface area (Å²) in [4.78, 5) is 10.6. The monoisotopic (exact) mass is 244 g/mol. The van der Waals surface area contributed by atoms with Gasteiger partial charge in [-0.05, 0) is 18.1 Å². The van der Waals surface area contributed by atoms with Crippen LogP contribution >= 0.6 is 0 Å². The summed E-state index contributed by atoms with van der Waals surface area (Å²) in [5.74, 6) is -0.430. The van der Waals surface area contributed by atoms with Gasteiger partial charge in [-0.25, -0.2) is 4.79 Å². The minimum atomic E-state index is -1.24. The van der Waals surface area contributed by atoms with E-state index in [2.05, 4.69) is 6.92 Å². The standard InChI is InChI=1S/C11H16O4S/c1-3-4-8(2)7-16(14)10-6-5-9(15-10)11(12)13/h5-6,8H,3-4,7H2,1-2H3,(H,12,13). The maximum atomic E-state index is 11.8. The molecule has 2 unspecified atom stereocenters. The highest BCUT2D eigenvalue weighted by Gasteiger charge is 2.15. The van der Waals surface area contributed by atoms with Crippen molar-refractivity contribution in [2.75, 3.05) is 5.75 Å². The molecule has 1 N–H and O–H groups in total. The molecule has 1 rings (SSSR count). The summed E-state index contributed by atoms with van der Waals surface area (Å²) in [5.41, 5.74) is 0. The predicted molar refractivity (Wildman–Crippen MR) is 61.0 cm³/mol. The molecule has 0 aromatic carbocycles. The molecule has 0 saturated heterocycles. The number of carbonyl (C=O) groups is 1. The number of carboxylic acid groups (broad SMARTS) is 1. The average Bonchev–Trinajstić information content (AvgIpc) is 2.66. The third kappa shape index (κ3) is 3.48. The van der Waals surface area contributed by atoms with Gasteiger partial charge in [0.15, 0.2) is 5.09 Å². The van der Waals surface area contributed by atoms with Gasteiger partial charge in [-0.2, -0.15) is 0 Å². The maximum Gasteiger partial charge on any atom is 0.371 e. The summed E-state index contributed by atoms with van der Waals surface area (Å²) in [7, 11) is -1.24. The van der Waals surface area contributed by atoms with Crippen LogP contribution in [0.1, 0.15) is 37.2 Å². The minimum absolute atomic E-state index is 0.161. The normalized spacial score (nSPS) is 14.6. The van der Waals surface area contributed by atoms with E-state index in [1.54, 1.807) is 0 Å². The van der Waals surface area contributed by atoms with Gasteiger partial charge in [0.2, 0.25) is 5.76 Å². The Labute approximate surface area is 97.1 Å². The molecule has 0 aliphatic rings. The molecule has 0 bridgehead atoms. The number of hydrogen-bond acceptors (Lipinski definition) is 3. The quantitative estimate of drug-likeness (QED) is 0.835. The molecule has 0 radical (unpaired) electrons. The number of furan rings is 1. The molecule has 1 heterocycles. The SMILES string of the molecule is CCCC(C)CS(=O)c1ccc(C(=O)O)o1. The second-order valence-electron chi connectivity index (χ2n) is 3.83. The highest BCUT2D eigenvalue weighted by molar-refractivity contribution is 7.84. The second kappa shape index (κ2) is 5.84. The summed E-state index contributed by atoms with van der Waals surface area (Å²) in [6, 6.07) is 2.80. The van der Waals surface area contributed by atoms with E-state index in [1.807, 2.05) is 6.92 Å². The Morgan fingerprint density at radius 2 is 2.25 bits per heavy atom. The Morgan fingerprint density at radius 3 is 2.75 bits per heavy atom. The second-order valence-corrected chi connectivity index (χ2v) is 5.26. The van der Waals surface area contributed by atoms with Crippen LogP contribution in [0.4, 0.5) is 0 Å². The largest absolute Gasteiger partial charge is 0.475 e. The fourth-order valence-corrected chi connectivity index (χ4v) is 2.72. The Kier molecular flexibility index (Phi) is 4.73. The Balaban J connectivity index is 2.62. The molecule has 1 aromatic heterocycles. The summed E-state index contributed by atoms with van der Waals surface area (Å²) in [6.07, 6.45) is 2.06. The Hall–Kier alpha value is -1.10. The molecule has 0 amide bonds. The number of hydrogen-bond donors (Lipinski definition) is 1. The third-order valence-corrected chi connectivity index (χ3v) is 3.77. The van der Waals surface area contributed by atoms with Gasteiger partial charge in [0.1, 0.15) is 0 Å². The van der Waals surface area contributed by atoms with Crippen LogP contribution in [0.25, 0.3) is 0 Å². The average molecular weight is 244 g/mol. The lowest BCUT2D eigenvalue weighted by atomic mass is 10.1. The van der Waals surface area contributed by atoms with Crippen LogP contribution in [-0.4, -0.2) is 21.0 Å². The molecule has 0 fully saturated rings. The summed E-state index contributed by atoms with van der Waals surface area (Å²) < 4.78 is 16.8. The van der Waals surface area contributed by atoms with Crippen molar-refractivity contribution in [3.8, 4) is 0 Å². The zero-order valence-corrected chi connectivity index (χ0v) is 10.3. The van der Waals surface area contributed by atoms with Crippen LogP contribution in [0.3, 0.4) is 0 Å². The molecule has 4 nitrogen and oxygen atoms in total. The van der Waals surface area contributed by atoms with Gasteiger partial charge in [0.05, 0.1) is 10.8 Å². The van der Waals surface area contributed by atoms with Gasteiger partial charge < -0.3 is 9.52 Å². The molecule has 0 aliphatic carbocycles. The summed E-state index contributed by atoms with van der Waals surface area (Å²) in [6.45, 7) is 4.11. The van der Waals surface area contributed by atoms with Crippen molar-refractivity contribution in [1.82, 2.24) is 0 Å². The van der Waals surface area contributed by atoms with Gasteiger partial charge in [-0.3, -0.25) is 4.21 Å². The zero-order chi connectivity index (χ0) is 12.1. The molecule has 16 heavy (non-hydrogen) atoms. The molecule has 2 atom stereocenters. The predicted octanol–water partition coefficient (Wildman–Crippen LogP) is 2.52. The molecule has 0 aliphatic heterocycles. The molecular weight excluding hydrogens is 228 g/mol. The molecule has 0 saturated carbocycles. The van der Waals surface area contributed by atoms with Crippen molar-refractivity contribution < 1.29 is 18.5 Å². The van der Waals surface area contributed by atoms with Crippen molar-refractivity contribution in [3.05, 3.63) is 17.9 Å². The van der Waals surface area contributed by atoms with Gasteiger partial charge in [-0.15, -0.1) is 0 Å². The molecule has 5 heteroatoms. The van der Waals surface area contributed by atoms with E-state index >= 15 is 0 Å². The van der Waals surface area contributed by atoms with E-state index in [4.69, 9.17) is 9.52 Å². The van der Waals surface area contributed by atoms with Gasteiger partial charge >= 0.3 is 5.97 Å². The van der Waals surface area contributed by atoms with Crippen LogP contribution in [0.5, 0.6) is 0 Å². The van der Waals surface area contributed by atoms with E-state index in [-0.39, 0.29) is 10.9 Å². The van der Waals surface area contributed by atoms with Crippen LogP contribution in [0.15, 0.2) is 21.6 Å². The van der Waals surface area contributed by atoms with Crippen LogP contribution in [0.2, 0.25) is 0 Å². The maximum absolute atomic E-state index is 11.8.